The highest BCUT2D eigenvalue weighted by atomic mass is 32.1. The number of hydrogen-bond acceptors (Lipinski definition) is 2. The van der Waals surface area contributed by atoms with Crippen LogP contribution in [-0.4, -0.2) is 30.8 Å². The van der Waals surface area contributed by atoms with Crippen LogP contribution in [0.25, 0.3) is 0 Å². The molecule has 14 heavy (non-hydrogen) atoms. The summed E-state index contributed by atoms with van der Waals surface area (Å²) in [6, 6.07) is 2.17. The quantitative estimate of drug-likeness (QED) is 0.491. The van der Waals surface area contributed by atoms with Crippen LogP contribution >= 0.6 is 11.3 Å². The highest BCUT2D eigenvalue weighted by Gasteiger charge is 1.99. The van der Waals surface area contributed by atoms with Crippen molar-refractivity contribution in [2.24, 2.45) is 0 Å². The molecule has 1 heterocycles. The van der Waals surface area contributed by atoms with Gasteiger partial charge in [0, 0.05) is 5.56 Å². The summed E-state index contributed by atoms with van der Waals surface area (Å²) >= 11 is 1.75. The molecule has 0 amide bonds. The van der Waals surface area contributed by atoms with Gasteiger partial charge in [-0.3, -0.25) is 0 Å². The van der Waals surface area contributed by atoms with Crippen LogP contribution in [0.3, 0.4) is 0 Å². The number of aliphatic hydroxyl groups excluding tert-OH is 1. The SMILES string of the molecule is C[C@@H](O)C[NH2+]CC[NH2+]Cc1ccsc1. The molecule has 1 aromatic heterocycles. The third-order valence-corrected chi connectivity index (χ3v) is 2.77. The van der Waals surface area contributed by atoms with E-state index >= 15 is 0 Å². The molecule has 80 valence electrons. The summed E-state index contributed by atoms with van der Waals surface area (Å²) < 4.78 is 0. The molecule has 1 rings (SSSR count). The maximum atomic E-state index is 9.02. The second kappa shape index (κ2) is 6.95. The lowest BCUT2D eigenvalue weighted by molar-refractivity contribution is -0.733. The molecule has 0 aliphatic carbocycles. The van der Waals surface area contributed by atoms with Crippen LogP contribution < -0.4 is 10.6 Å². The van der Waals surface area contributed by atoms with E-state index in [1.807, 2.05) is 6.92 Å². The van der Waals surface area contributed by atoms with E-state index in [0.29, 0.717) is 0 Å². The fourth-order valence-electron chi connectivity index (χ4n) is 1.27. The fourth-order valence-corrected chi connectivity index (χ4v) is 1.95. The number of quaternary nitrogens is 2. The van der Waals surface area contributed by atoms with Crippen LogP contribution in [-0.2, 0) is 6.54 Å². The summed E-state index contributed by atoms with van der Waals surface area (Å²) in [5.74, 6) is 0. The Balaban J connectivity index is 1.90. The lowest BCUT2D eigenvalue weighted by atomic mass is 10.3. The molecule has 0 saturated heterocycles. The first-order valence-electron chi connectivity index (χ1n) is 5.11. The highest BCUT2D eigenvalue weighted by Crippen LogP contribution is 2.02. The van der Waals surface area contributed by atoms with Gasteiger partial charge >= 0.3 is 0 Å². The first-order chi connectivity index (χ1) is 6.79. The summed E-state index contributed by atoms with van der Waals surface area (Å²) in [5, 5.41) is 17.8. The van der Waals surface area contributed by atoms with E-state index in [1.54, 1.807) is 11.3 Å². The van der Waals surface area contributed by atoms with Gasteiger partial charge < -0.3 is 15.7 Å². The maximum Gasteiger partial charge on any atom is 0.125 e. The zero-order chi connectivity index (χ0) is 10.2. The molecule has 0 fully saturated rings. The number of aliphatic hydroxyl groups is 1. The minimum atomic E-state index is -0.188. The molecule has 0 aromatic carbocycles. The van der Waals surface area contributed by atoms with E-state index in [2.05, 4.69) is 27.5 Å². The molecule has 5 N–H and O–H groups in total. The topological polar surface area (TPSA) is 53.5 Å². The largest absolute Gasteiger partial charge is 0.388 e. The number of nitrogens with two attached hydrogens (primary N) is 2. The average molecular weight is 216 g/mol. The molecule has 1 aromatic rings. The van der Waals surface area contributed by atoms with Gasteiger partial charge in [0.25, 0.3) is 0 Å². The Morgan fingerprint density at radius 1 is 1.43 bits per heavy atom. The van der Waals surface area contributed by atoms with E-state index in [9.17, 15) is 0 Å². The van der Waals surface area contributed by atoms with Crippen molar-refractivity contribution in [3.8, 4) is 0 Å². The molecule has 0 unspecified atom stereocenters. The molecule has 0 radical (unpaired) electrons. The molecule has 0 spiro atoms. The van der Waals surface area contributed by atoms with E-state index in [-0.39, 0.29) is 6.10 Å². The first kappa shape index (κ1) is 11.7. The van der Waals surface area contributed by atoms with Crippen molar-refractivity contribution < 1.29 is 15.7 Å². The van der Waals surface area contributed by atoms with Gasteiger partial charge in [0.2, 0.25) is 0 Å². The molecule has 0 aliphatic rings. The molecule has 0 saturated carbocycles. The van der Waals surface area contributed by atoms with Crippen LogP contribution in [0, 0.1) is 0 Å². The van der Waals surface area contributed by atoms with Crippen molar-refractivity contribution in [2.75, 3.05) is 19.6 Å². The molecule has 0 aliphatic heterocycles. The van der Waals surface area contributed by atoms with Gasteiger partial charge in [-0.15, -0.1) is 0 Å². The minimum absolute atomic E-state index is 0.188. The Morgan fingerprint density at radius 3 is 2.86 bits per heavy atom. The van der Waals surface area contributed by atoms with Crippen molar-refractivity contribution in [1.82, 2.24) is 0 Å². The van der Waals surface area contributed by atoms with Crippen molar-refractivity contribution >= 4 is 11.3 Å². The van der Waals surface area contributed by atoms with Gasteiger partial charge in [-0.25, -0.2) is 0 Å². The Bertz CT molecular complexity index is 224. The van der Waals surface area contributed by atoms with Crippen molar-refractivity contribution in [3.05, 3.63) is 22.4 Å². The average Bonchev–Trinajstić information content (AvgIpc) is 2.63. The Hall–Kier alpha value is -0.420. The zero-order valence-electron chi connectivity index (χ0n) is 8.65. The van der Waals surface area contributed by atoms with Crippen molar-refractivity contribution in [3.63, 3.8) is 0 Å². The molecular formula is C10H20N2OS+2. The number of rotatable bonds is 7. The minimum Gasteiger partial charge on any atom is -0.388 e. The summed E-state index contributed by atoms with van der Waals surface area (Å²) in [5.41, 5.74) is 1.41. The maximum absolute atomic E-state index is 9.02. The van der Waals surface area contributed by atoms with Crippen LogP contribution in [0.4, 0.5) is 0 Å². The van der Waals surface area contributed by atoms with Crippen LogP contribution in [0.1, 0.15) is 12.5 Å². The predicted molar refractivity (Wildman–Crippen MR) is 58.2 cm³/mol. The van der Waals surface area contributed by atoms with Crippen molar-refractivity contribution in [1.29, 1.82) is 0 Å². The summed E-state index contributed by atoms with van der Waals surface area (Å²) in [4.78, 5) is 0. The van der Waals surface area contributed by atoms with Gasteiger partial charge in [0.15, 0.2) is 0 Å². The molecule has 4 heteroatoms. The summed E-state index contributed by atoms with van der Waals surface area (Å²) in [7, 11) is 0. The predicted octanol–water partition coefficient (Wildman–Crippen LogP) is -1.24. The standard InChI is InChI=1S/C10H18N2OS/c1-9(13)6-11-3-4-12-7-10-2-5-14-8-10/h2,5,8-9,11-13H,3-4,6-7H2,1H3/p+2/t9-/m1/s1. The van der Waals surface area contributed by atoms with E-state index in [0.717, 1.165) is 26.2 Å². The van der Waals surface area contributed by atoms with Gasteiger partial charge in [0.05, 0.1) is 6.10 Å². The second-order valence-electron chi connectivity index (χ2n) is 3.58. The first-order valence-corrected chi connectivity index (χ1v) is 6.06. The van der Waals surface area contributed by atoms with Gasteiger partial charge in [-0.2, -0.15) is 11.3 Å². The van der Waals surface area contributed by atoms with E-state index in [1.165, 1.54) is 5.56 Å². The fraction of sp³-hybridized carbons (Fsp3) is 0.600. The van der Waals surface area contributed by atoms with E-state index < -0.39 is 0 Å². The monoisotopic (exact) mass is 216 g/mol. The van der Waals surface area contributed by atoms with Gasteiger partial charge in [0.1, 0.15) is 26.2 Å². The summed E-state index contributed by atoms with van der Waals surface area (Å²) in [6.07, 6.45) is -0.188. The van der Waals surface area contributed by atoms with Crippen LogP contribution in [0.15, 0.2) is 16.8 Å². The van der Waals surface area contributed by atoms with Crippen molar-refractivity contribution in [2.45, 2.75) is 19.6 Å². The number of thiophene rings is 1. The molecule has 3 nitrogen and oxygen atoms in total. The lowest BCUT2D eigenvalue weighted by Crippen LogP contribution is -2.95. The van der Waals surface area contributed by atoms with Gasteiger partial charge in [-0.05, 0) is 23.8 Å². The number of hydrogen-bond donors (Lipinski definition) is 3. The Labute approximate surface area is 89.2 Å². The van der Waals surface area contributed by atoms with Gasteiger partial charge in [-0.1, -0.05) is 0 Å². The third kappa shape index (κ3) is 5.34. The van der Waals surface area contributed by atoms with Crippen LogP contribution in [0.5, 0.6) is 0 Å². The molecule has 0 bridgehead atoms. The Morgan fingerprint density at radius 2 is 2.21 bits per heavy atom. The Kier molecular flexibility index (Phi) is 5.78. The third-order valence-electron chi connectivity index (χ3n) is 2.04. The second-order valence-corrected chi connectivity index (χ2v) is 4.36. The zero-order valence-corrected chi connectivity index (χ0v) is 9.46. The van der Waals surface area contributed by atoms with Crippen LogP contribution in [0.2, 0.25) is 0 Å². The highest BCUT2D eigenvalue weighted by molar-refractivity contribution is 7.07. The normalized spacial score (nSPS) is 13.0. The summed E-state index contributed by atoms with van der Waals surface area (Å²) in [6.45, 7) is 5.90. The molecule has 1 atom stereocenters. The smallest absolute Gasteiger partial charge is 0.125 e. The van der Waals surface area contributed by atoms with E-state index in [4.69, 9.17) is 5.11 Å². The molecular weight excluding hydrogens is 196 g/mol. The lowest BCUT2D eigenvalue weighted by Gasteiger charge is -2.02.